The van der Waals surface area contributed by atoms with Crippen LogP contribution in [0.3, 0.4) is 0 Å². The molecule has 2 unspecified atom stereocenters. The maximum absolute atomic E-state index is 12.6. The van der Waals surface area contributed by atoms with Gasteiger partial charge in [-0.15, -0.1) is 0 Å². The number of fused-ring (bicyclic) bond motifs is 1. The van der Waals surface area contributed by atoms with Crippen molar-refractivity contribution < 1.29 is 19.1 Å². The first-order valence-corrected chi connectivity index (χ1v) is 10.1. The van der Waals surface area contributed by atoms with Crippen LogP contribution in [0.15, 0.2) is 36.4 Å². The molecule has 0 bridgehead atoms. The van der Waals surface area contributed by atoms with E-state index in [1.165, 1.54) is 0 Å². The minimum absolute atomic E-state index is 0.334. The molecule has 2 aliphatic rings. The van der Waals surface area contributed by atoms with Gasteiger partial charge in [0.25, 0.3) is 0 Å². The minimum atomic E-state index is -0.872. The molecular weight excluding hydrogens is 382 g/mol. The SMILES string of the molecule is COc1cc(C2Nc3ccc(C=O)cc3CC2(C)C(N)=O)cc(N2CCOCC2)c1. The van der Waals surface area contributed by atoms with Crippen LogP contribution in [0.2, 0.25) is 0 Å². The van der Waals surface area contributed by atoms with Crippen molar-refractivity contribution in [3.05, 3.63) is 53.1 Å². The average Bonchev–Trinajstić information content (AvgIpc) is 2.78. The minimum Gasteiger partial charge on any atom is -0.497 e. The van der Waals surface area contributed by atoms with Gasteiger partial charge in [-0.2, -0.15) is 0 Å². The topological polar surface area (TPSA) is 93.9 Å². The van der Waals surface area contributed by atoms with Crippen LogP contribution < -0.4 is 20.7 Å². The molecule has 3 N–H and O–H groups in total. The number of amides is 1. The number of carbonyl (C=O) groups excluding carboxylic acids is 2. The Morgan fingerprint density at radius 3 is 2.70 bits per heavy atom. The fourth-order valence-corrected chi connectivity index (χ4v) is 4.36. The van der Waals surface area contributed by atoms with Crippen LogP contribution in [0.1, 0.15) is 34.5 Å². The van der Waals surface area contributed by atoms with Gasteiger partial charge < -0.3 is 25.4 Å². The number of nitrogens with zero attached hydrogens (tertiary/aromatic N) is 1. The molecule has 1 saturated heterocycles. The van der Waals surface area contributed by atoms with E-state index < -0.39 is 11.3 Å². The summed E-state index contributed by atoms with van der Waals surface area (Å²) in [6.45, 7) is 4.83. The number of primary amides is 1. The molecule has 1 fully saturated rings. The zero-order chi connectivity index (χ0) is 21.3. The summed E-state index contributed by atoms with van der Waals surface area (Å²) in [6, 6.07) is 11.2. The molecule has 0 aromatic heterocycles. The first kappa shape index (κ1) is 20.2. The molecule has 2 aromatic carbocycles. The zero-order valence-corrected chi connectivity index (χ0v) is 17.3. The second-order valence-electron chi connectivity index (χ2n) is 8.13. The molecule has 2 atom stereocenters. The van der Waals surface area contributed by atoms with Crippen LogP contribution in [-0.4, -0.2) is 45.6 Å². The Kier molecular flexibility index (Phi) is 5.39. The predicted octanol–water partition coefficient (Wildman–Crippen LogP) is 2.55. The number of rotatable bonds is 5. The van der Waals surface area contributed by atoms with Crippen LogP contribution in [-0.2, 0) is 16.0 Å². The van der Waals surface area contributed by atoms with Gasteiger partial charge in [0.2, 0.25) is 5.91 Å². The van der Waals surface area contributed by atoms with Gasteiger partial charge >= 0.3 is 0 Å². The Morgan fingerprint density at radius 2 is 2.03 bits per heavy atom. The molecule has 7 heteroatoms. The summed E-state index contributed by atoms with van der Waals surface area (Å²) in [7, 11) is 1.64. The van der Waals surface area contributed by atoms with E-state index in [0.29, 0.717) is 25.2 Å². The van der Waals surface area contributed by atoms with Gasteiger partial charge in [-0.3, -0.25) is 9.59 Å². The van der Waals surface area contributed by atoms with E-state index in [1.54, 1.807) is 13.2 Å². The van der Waals surface area contributed by atoms with E-state index in [9.17, 15) is 9.59 Å². The Balaban J connectivity index is 1.78. The molecule has 4 rings (SSSR count). The van der Waals surface area contributed by atoms with E-state index in [0.717, 1.165) is 47.6 Å². The van der Waals surface area contributed by atoms with Gasteiger partial charge in [-0.1, -0.05) is 0 Å². The Morgan fingerprint density at radius 1 is 1.27 bits per heavy atom. The van der Waals surface area contributed by atoms with Crippen molar-refractivity contribution in [2.45, 2.75) is 19.4 Å². The third kappa shape index (κ3) is 3.61. The zero-order valence-electron chi connectivity index (χ0n) is 17.3. The second kappa shape index (κ2) is 7.99. The molecule has 158 valence electrons. The molecule has 0 spiro atoms. The number of nitrogens with two attached hydrogens (primary N) is 1. The molecule has 0 radical (unpaired) electrons. The molecule has 2 aliphatic heterocycles. The van der Waals surface area contributed by atoms with Crippen molar-refractivity contribution in [3.63, 3.8) is 0 Å². The predicted molar refractivity (Wildman–Crippen MR) is 115 cm³/mol. The Hall–Kier alpha value is -3.06. The molecule has 0 saturated carbocycles. The highest BCUT2D eigenvalue weighted by Crippen LogP contribution is 2.46. The monoisotopic (exact) mass is 409 g/mol. The number of aldehydes is 1. The van der Waals surface area contributed by atoms with Crippen molar-refractivity contribution in [1.82, 2.24) is 0 Å². The van der Waals surface area contributed by atoms with Crippen molar-refractivity contribution in [2.24, 2.45) is 11.1 Å². The second-order valence-corrected chi connectivity index (χ2v) is 8.13. The van der Waals surface area contributed by atoms with E-state index in [2.05, 4.69) is 16.3 Å². The van der Waals surface area contributed by atoms with Crippen molar-refractivity contribution in [2.75, 3.05) is 43.6 Å². The van der Waals surface area contributed by atoms with Crippen LogP contribution in [0.25, 0.3) is 0 Å². The maximum Gasteiger partial charge on any atom is 0.226 e. The summed E-state index contributed by atoms with van der Waals surface area (Å²) in [5.41, 5.74) is 9.39. The number of anilines is 2. The standard InChI is InChI=1S/C23H27N3O4/c1-23(22(24)28)13-17-9-15(14-27)3-4-20(17)25-21(23)16-10-18(12-19(11-16)29-2)26-5-7-30-8-6-26/h3-4,9-12,14,21,25H,5-8,13H2,1-2H3,(H2,24,28). The highest BCUT2D eigenvalue weighted by Gasteiger charge is 2.44. The van der Waals surface area contributed by atoms with E-state index in [4.69, 9.17) is 15.2 Å². The molecule has 7 nitrogen and oxygen atoms in total. The Bertz CT molecular complexity index is 971. The third-order valence-electron chi connectivity index (χ3n) is 6.18. The number of methoxy groups -OCH3 is 1. The van der Waals surface area contributed by atoms with Crippen molar-refractivity contribution in [1.29, 1.82) is 0 Å². The van der Waals surface area contributed by atoms with Gasteiger partial charge in [0.15, 0.2) is 0 Å². The lowest BCUT2D eigenvalue weighted by atomic mass is 9.70. The molecule has 2 aromatic rings. The van der Waals surface area contributed by atoms with Gasteiger partial charge in [-0.25, -0.2) is 0 Å². The summed E-state index contributed by atoms with van der Waals surface area (Å²) >= 11 is 0. The average molecular weight is 409 g/mol. The van der Waals surface area contributed by atoms with Gasteiger partial charge in [0.1, 0.15) is 12.0 Å². The lowest BCUT2D eigenvalue weighted by Gasteiger charge is -2.42. The van der Waals surface area contributed by atoms with Crippen LogP contribution in [0, 0.1) is 5.41 Å². The smallest absolute Gasteiger partial charge is 0.226 e. The number of morpholine rings is 1. The number of nitrogens with one attached hydrogen (secondary N) is 1. The third-order valence-corrected chi connectivity index (χ3v) is 6.18. The molecule has 1 amide bonds. The number of hydrogen-bond acceptors (Lipinski definition) is 6. The normalized spacial score (nSPS) is 23.3. The molecule has 2 heterocycles. The summed E-state index contributed by atoms with van der Waals surface area (Å²) in [4.78, 5) is 26.1. The lowest BCUT2D eigenvalue weighted by Crippen LogP contribution is -2.47. The van der Waals surface area contributed by atoms with E-state index in [-0.39, 0.29) is 6.04 Å². The maximum atomic E-state index is 12.6. The van der Waals surface area contributed by atoms with Gasteiger partial charge in [0, 0.05) is 36.1 Å². The summed E-state index contributed by atoms with van der Waals surface area (Å²) in [5.74, 6) is 0.336. The van der Waals surface area contributed by atoms with E-state index >= 15 is 0 Å². The van der Waals surface area contributed by atoms with E-state index in [1.807, 2.05) is 31.2 Å². The number of carbonyl (C=O) groups is 2. The van der Waals surface area contributed by atoms with Gasteiger partial charge in [0.05, 0.1) is 31.8 Å². The number of hydrogen-bond donors (Lipinski definition) is 2. The fraction of sp³-hybridized carbons (Fsp3) is 0.391. The quantitative estimate of drug-likeness (QED) is 0.737. The molecular formula is C23H27N3O4. The molecule has 30 heavy (non-hydrogen) atoms. The summed E-state index contributed by atoms with van der Waals surface area (Å²) in [6.07, 6.45) is 1.26. The van der Waals surface area contributed by atoms with Gasteiger partial charge in [-0.05, 0) is 54.8 Å². The van der Waals surface area contributed by atoms with Crippen LogP contribution in [0.5, 0.6) is 5.75 Å². The van der Waals surface area contributed by atoms with Crippen molar-refractivity contribution >= 4 is 23.6 Å². The first-order chi connectivity index (χ1) is 14.4. The fourth-order valence-electron chi connectivity index (χ4n) is 4.36. The summed E-state index contributed by atoms with van der Waals surface area (Å²) < 4.78 is 11.0. The lowest BCUT2D eigenvalue weighted by molar-refractivity contribution is -0.127. The highest BCUT2D eigenvalue weighted by atomic mass is 16.5. The van der Waals surface area contributed by atoms with Crippen molar-refractivity contribution in [3.8, 4) is 5.75 Å². The van der Waals surface area contributed by atoms with Crippen LogP contribution in [0.4, 0.5) is 11.4 Å². The highest BCUT2D eigenvalue weighted by molar-refractivity contribution is 5.85. The number of ether oxygens (including phenoxy) is 2. The number of benzene rings is 2. The Labute approximate surface area is 176 Å². The first-order valence-electron chi connectivity index (χ1n) is 10.1. The summed E-state index contributed by atoms with van der Waals surface area (Å²) in [5, 5.41) is 3.50. The van der Waals surface area contributed by atoms with Crippen LogP contribution >= 0.6 is 0 Å². The molecule has 0 aliphatic carbocycles. The largest absolute Gasteiger partial charge is 0.497 e.